The molecule has 138 valence electrons. The van der Waals surface area contributed by atoms with E-state index in [9.17, 15) is 4.79 Å². The Labute approximate surface area is 163 Å². The van der Waals surface area contributed by atoms with Crippen molar-refractivity contribution in [3.63, 3.8) is 0 Å². The molecule has 5 nitrogen and oxygen atoms in total. The van der Waals surface area contributed by atoms with Gasteiger partial charge in [0.05, 0.1) is 12.7 Å². The first kappa shape index (κ1) is 18.7. The Morgan fingerprint density at radius 1 is 0.963 bits per heavy atom. The lowest BCUT2D eigenvalue weighted by molar-refractivity contribution is 0.0950. The molecule has 0 radical (unpaired) electrons. The molecule has 0 saturated heterocycles. The number of rotatable bonds is 7. The van der Waals surface area contributed by atoms with Crippen molar-refractivity contribution >= 4 is 23.3 Å². The fraction of sp³-hybridized carbons (Fsp3) is 0.143. The second-order valence-corrected chi connectivity index (χ2v) is 6.38. The van der Waals surface area contributed by atoms with E-state index in [-0.39, 0.29) is 5.91 Å². The monoisotopic (exact) mass is 381 g/mol. The van der Waals surface area contributed by atoms with E-state index in [0.717, 1.165) is 16.9 Å². The number of carbonyl (C=O) groups is 1. The van der Waals surface area contributed by atoms with Crippen LogP contribution >= 0.6 is 11.6 Å². The number of amides is 1. The summed E-state index contributed by atoms with van der Waals surface area (Å²) >= 11 is 5.88. The van der Waals surface area contributed by atoms with Crippen molar-refractivity contribution in [1.82, 2.24) is 10.3 Å². The minimum Gasteiger partial charge on any atom is -0.497 e. The van der Waals surface area contributed by atoms with E-state index >= 15 is 0 Å². The molecule has 2 aromatic carbocycles. The number of hydrogen-bond acceptors (Lipinski definition) is 4. The molecule has 3 rings (SSSR count). The number of nitrogens with one attached hydrogen (secondary N) is 2. The van der Waals surface area contributed by atoms with E-state index < -0.39 is 0 Å². The van der Waals surface area contributed by atoms with Gasteiger partial charge in [0.2, 0.25) is 0 Å². The number of halogens is 1. The van der Waals surface area contributed by atoms with Crippen LogP contribution in [0.15, 0.2) is 66.9 Å². The number of nitrogens with zero attached hydrogens (tertiary/aromatic N) is 1. The third-order valence-corrected chi connectivity index (χ3v) is 4.28. The van der Waals surface area contributed by atoms with Crippen LogP contribution in [0.4, 0.5) is 5.82 Å². The first-order valence-electron chi connectivity index (χ1n) is 8.49. The summed E-state index contributed by atoms with van der Waals surface area (Å²) in [5.74, 6) is 1.33. The van der Waals surface area contributed by atoms with E-state index in [1.807, 2.05) is 48.5 Å². The third kappa shape index (κ3) is 5.46. The maximum absolute atomic E-state index is 12.3. The summed E-state index contributed by atoms with van der Waals surface area (Å²) in [5, 5.41) is 6.81. The molecule has 0 bridgehead atoms. The number of carbonyl (C=O) groups excluding carboxylic acids is 1. The number of ether oxygens (including phenoxy) is 1. The molecule has 1 aromatic heterocycles. The number of hydrogen-bond donors (Lipinski definition) is 2. The van der Waals surface area contributed by atoms with Gasteiger partial charge in [-0.2, -0.15) is 0 Å². The summed E-state index contributed by atoms with van der Waals surface area (Å²) in [7, 11) is 1.62. The molecule has 0 aliphatic carbocycles. The van der Waals surface area contributed by atoms with E-state index in [2.05, 4.69) is 15.6 Å². The smallest absolute Gasteiger partial charge is 0.253 e. The van der Waals surface area contributed by atoms with Crippen molar-refractivity contribution in [2.75, 3.05) is 12.4 Å². The van der Waals surface area contributed by atoms with Gasteiger partial charge in [-0.3, -0.25) is 4.79 Å². The van der Waals surface area contributed by atoms with Crippen molar-refractivity contribution < 1.29 is 9.53 Å². The molecule has 0 fully saturated rings. The second kappa shape index (κ2) is 9.05. The lowest BCUT2D eigenvalue weighted by atomic mass is 10.2. The number of benzene rings is 2. The normalized spacial score (nSPS) is 10.3. The Bertz CT molecular complexity index is 879. The Hall–Kier alpha value is -3.05. The molecule has 27 heavy (non-hydrogen) atoms. The molecular weight excluding hydrogens is 362 g/mol. The van der Waals surface area contributed by atoms with Crippen LogP contribution in [-0.4, -0.2) is 18.0 Å². The highest BCUT2D eigenvalue weighted by molar-refractivity contribution is 6.30. The van der Waals surface area contributed by atoms with Gasteiger partial charge in [0.25, 0.3) is 5.91 Å². The molecule has 3 aromatic rings. The average Bonchev–Trinajstić information content (AvgIpc) is 2.72. The van der Waals surface area contributed by atoms with Crippen molar-refractivity contribution in [3.05, 3.63) is 88.6 Å². The Morgan fingerprint density at radius 3 is 2.26 bits per heavy atom. The summed E-state index contributed by atoms with van der Waals surface area (Å²) < 4.78 is 5.12. The van der Waals surface area contributed by atoms with E-state index in [1.165, 1.54) is 0 Å². The zero-order chi connectivity index (χ0) is 19.1. The Balaban J connectivity index is 1.51. The van der Waals surface area contributed by atoms with Gasteiger partial charge in [0, 0.05) is 24.3 Å². The third-order valence-electron chi connectivity index (χ3n) is 4.02. The van der Waals surface area contributed by atoms with Gasteiger partial charge in [-0.1, -0.05) is 35.9 Å². The molecule has 0 saturated carbocycles. The van der Waals surface area contributed by atoms with Crippen molar-refractivity contribution in [3.8, 4) is 5.75 Å². The lowest BCUT2D eigenvalue weighted by Crippen LogP contribution is -2.22. The molecule has 0 aliphatic heterocycles. The van der Waals surface area contributed by atoms with Crippen LogP contribution in [0.5, 0.6) is 5.75 Å². The van der Waals surface area contributed by atoms with Crippen LogP contribution in [0.3, 0.4) is 0 Å². The Kier molecular flexibility index (Phi) is 6.28. The minimum absolute atomic E-state index is 0.164. The largest absolute Gasteiger partial charge is 0.497 e. The summed E-state index contributed by atoms with van der Waals surface area (Å²) in [6.07, 6.45) is 1.56. The van der Waals surface area contributed by atoms with Gasteiger partial charge in [-0.25, -0.2) is 4.98 Å². The zero-order valence-electron chi connectivity index (χ0n) is 14.9. The molecule has 0 aliphatic rings. The van der Waals surface area contributed by atoms with Crippen molar-refractivity contribution in [1.29, 1.82) is 0 Å². The van der Waals surface area contributed by atoms with Crippen LogP contribution in [-0.2, 0) is 13.1 Å². The van der Waals surface area contributed by atoms with Crippen molar-refractivity contribution in [2.24, 2.45) is 0 Å². The van der Waals surface area contributed by atoms with Gasteiger partial charge in [0.1, 0.15) is 11.6 Å². The molecule has 2 N–H and O–H groups in total. The molecule has 0 atom stereocenters. The van der Waals surface area contributed by atoms with Crippen LogP contribution in [0, 0.1) is 0 Å². The molecular formula is C21H20ClN3O2. The van der Waals surface area contributed by atoms with Gasteiger partial charge >= 0.3 is 0 Å². The number of pyridine rings is 1. The first-order chi connectivity index (χ1) is 13.1. The average molecular weight is 382 g/mol. The van der Waals surface area contributed by atoms with Crippen LogP contribution in [0.1, 0.15) is 21.5 Å². The Morgan fingerprint density at radius 2 is 1.63 bits per heavy atom. The predicted molar refractivity (Wildman–Crippen MR) is 107 cm³/mol. The molecule has 1 amide bonds. The molecule has 0 spiro atoms. The van der Waals surface area contributed by atoms with Crippen molar-refractivity contribution in [2.45, 2.75) is 13.1 Å². The second-order valence-electron chi connectivity index (χ2n) is 5.94. The predicted octanol–water partition coefficient (Wildman–Crippen LogP) is 4.29. The van der Waals surface area contributed by atoms with E-state index in [4.69, 9.17) is 16.3 Å². The summed E-state index contributed by atoms with van der Waals surface area (Å²) in [6, 6.07) is 18.7. The highest BCUT2D eigenvalue weighted by atomic mass is 35.5. The summed E-state index contributed by atoms with van der Waals surface area (Å²) in [6.45, 7) is 1.08. The van der Waals surface area contributed by atoms with Gasteiger partial charge in [-0.05, 0) is 47.5 Å². The topological polar surface area (TPSA) is 63.2 Å². The quantitative estimate of drug-likeness (QED) is 0.641. The SMILES string of the molecule is COc1ccc(CNC(=O)c2ccc(NCc3ccc(Cl)cc3)nc2)cc1. The van der Waals surface area contributed by atoms with E-state index in [0.29, 0.717) is 29.5 Å². The van der Waals surface area contributed by atoms with Gasteiger partial charge in [-0.15, -0.1) is 0 Å². The maximum atomic E-state index is 12.3. The molecule has 0 unspecified atom stereocenters. The molecule has 1 heterocycles. The highest BCUT2D eigenvalue weighted by Crippen LogP contribution is 2.13. The van der Waals surface area contributed by atoms with E-state index in [1.54, 1.807) is 25.4 Å². The van der Waals surface area contributed by atoms with Gasteiger partial charge in [0.15, 0.2) is 0 Å². The first-order valence-corrected chi connectivity index (χ1v) is 8.87. The highest BCUT2D eigenvalue weighted by Gasteiger charge is 2.06. The maximum Gasteiger partial charge on any atom is 0.253 e. The zero-order valence-corrected chi connectivity index (χ0v) is 15.7. The van der Waals surface area contributed by atoms with Crippen LogP contribution < -0.4 is 15.4 Å². The fourth-order valence-corrected chi connectivity index (χ4v) is 2.58. The van der Waals surface area contributed by atoms with Crippen LogP contribution in [0.2, 0.25) is 5.02 Å². The van der Waals surface area contributed by atoms with Gasteiger partial charge < -0.3 is 15.4 Å². The minimum atomic E-state index is -0.164. The number of aromatic nitrogens is 1. The summed E-state index contributed by atoms with van der Waals surface area (Å²) in [4.78, 5) is 16.6. The number of methoxy groups -OCH3 is 1. The lowest BCUT2D eigenvalue weighted by Gasteiger charge is -2.08. The molecule has 6 heteroatoms. The fourth-order valence-electron chi connectivity index (χ4n) is 2.46. The van der Waals surface area contributed by atoms with Crippen LogP contribution in [0.25, 0.3) is 0 Å². The summed E-state index contributed by atoms with van der Waals surface area (Å²) in [5.41, 5.74) is 2.61. The standard InChI is InChI=1S/C21H20ClN3O2/c1-27-19-9-4-16(5-10-19)13-25-21(26)17-6-11-20(24-14-17)23-12-15-2-7-18(22)8-3-15/h2-11,14H,12-13H2,1H3,(H,23,24)(H,25,26). The number of anilines is 1.